The van der Waals surface area contributed by atoms with E-state index >= 15 is 0 Å². The standard InChI is InChI=1S/C14H28N2Si/c1-11(2)17(12(3)4,13(5)6)16-8-7-14(9-15)10-16/h7-8,10-13H,9,15H2,1-6H3. The molecule has 0 aromatic carbocycles. The van der Waals surface area contributed by atoms with Crippen molar-refractivity contribution in [2.75, 3.05) is 0 Å². The van der Waals surface area contributed by atoms with Crippen molar-refractivity contribution in [2.45, 2.75) is 64.7 Å². The summed E-state index contributed by atoms with van der Waals surface area (Å²) in [6.07, 6.45) is 4.54. The van der Waals surface area contributed by atoms with E-state index in [0.29, 0.717) is 6.54 Å². The van der Waals surface area contributed by atoms with Crippen LogP contribution in [0.2, 0.25) is 16.6 Å². The minimum atomic E-state index is -1.54. The molecule has 0 saturated carbocycles. The van der Waals surface area contributed by atoms with Crippen molar-refractivity contribution in [3.63, 3.8) is 0 Å². The molecule has 0 amide bonds. The maximum Gasteiger partial charge on any atom is 0.168 e. The van der Waals surface area contributed by atoms with Crippen LogP contribution in [0.5, 0.6) is 0 Å². The van der Waals surface area contributed by atoms with Gasteiger partial charge in [0.2, 0.25) is 0 Å². The van der Waals surface area contributed by atoms with E-state index in [2.05, 4.69) is 64.2 Å². The topological polar surface area (TPSA) is 30.9 Å². The average molecular weight is 252 g/mol. The highest BCUT2D eigenvalue weighted by Gasteiger charge is 2.44. The molecule has 0 fully saturated rings. The van der Waals surface area contributed by atoms with E-state index in [1.54, 1.807) is 0 Å². The van der Waals surface area contributed by atoms with E-state index < -0.39 is 8.24 Å². The Balaban J connectivity index is 3.30. The van der Waals surface area contributed by atoms with Crippen LogP contribution in [0.1, 0.15) is 47.1 Å². The zero-order valence-corrected chi connectivity index (χ0v) is 13.2. The maximum absolute atomic E-state index is 5.74. The Kier molecular flexibility index (Phi) is 4.61. The van der Waals surface area contributed by atoms with E-state index in [0.717, 1.165) is 16.6 Å². The van der Waals surface area contributed by atoms with Gasteiger partial charge >= 0.3 is 0 Å². The molecule has 1 aromatic heterocycles. The lowest BCUT2D eigenvalue weighted by Crippen LogP contribution is -2.51. The second-order valence-corrected chi connectivity index (χ2v) is 11.7. The highest BCUT2D eigenvalue weighted by atomic mass is 28.3. The second-order valence-electron chi connectivity index (χ2n) is 5.98. The van der Waals surface area contributed by atoms with Gasteiger partial charge in [0.15, 0.2) is 8.24 Å². The van der Waals surface area contributed by atoms with Gasteiger partial charge in [0.05, 0.1) is 0 Å². The largest absolute Gasteiger partial charge is 0.379 e. The maximum atomic E-state index is 5.74. The Hall–Kier alpha value is -0.543. The summed E-state index contributed by atoms with van der Waals surface area (Å²) in [5.74, 6) is 0. The SMILES string of the molecule is CC(C)[Si](C(C)C)(C(C)C)n1ccc(CN)c1. The molecular weight excluding hydrogens is 224 g/mol. The molecule has 0 saturated heterocycles. The van der Waals surface area contributed by atoms with Crippen LogP contribution >= 0.6 is 0 Å². The number of nitrogens with two attached hydrogens (primary N) is 1. The number of nitrogens with zero attached hydrogens (tertiary/aromatic N) is 1. The van der Waals surface area contributed by atoms with Crippen molar-refractivity contribution in [2.24, 2.45) is 5.73 Å². The third-order valence-corrected chi connectivity index (χ3v) is 10.9. The zero-order chi connectivity index (χ0) is 13.2. The third kappa shape index (κ3) is 2.36. The Labute approximate surface area is 107 Å². The third-order valence-electron chi connectivity index (χ3n) is 4.21. The molecule has 1 aromatic rings. The van der Waals surface area contributed by atoms with Crippen LogP contribution in [-0.2, 0) is 6.54 Å². The molecule has 1 heterocycles. The fourth-order valence-corrected chi connectivity index (χ4v) is 10.2. The zero-order valence-electron chi connectivity index (χ0n) is 12.2. The van der Waals surface area contributed by atoms with Crippen LogP contribution in [0.25, 0.3) is 0 Å². The molecule has 0 aliphatic heterocycles. The average Bonchev–Trinajstić information content (AvgIpc) is 2.65. The Bertz CT molecular complexity index is 331. The van der Waals surface area contributed by atoms with Gasteiger partial charge in [-0.2, -0.15) is 0 Å². The van der Waals surface area contributed by atoms with Crippen molar-refractivity contribution in [1.82, 2.24) is 4.23 Å². The molecule has 0 radical (unpaired) electrons. The Morgan fingerprint density at radius 2 is 1.53 bits per heavy atom. The summed E-state index contributed by atoms with van der Waals surface area (Å²) in [5.41, 5.74) is 9.20. The smallest absolute Gasteiger partial charge is 0.168 e. The lowest BCUT2D eigenvalue weighted by atomic mass is 10.4. The van der Waals surface area contributed by atoms with Crippen molar-refractivity contribution < 1.29 is 0 Å². The number of hydrogen-bond donors (Lipinski definition) is 1. The summed E-state index contributed by atoms with van der Waals surface area (Å²) in [7, 11) is -1.54. The monoisotopic (exact) mass is 252 g/mol. The van der Waals surface area contributed by atoms with Gasteiger partial charge in [-0.25, -0.2) is 0 Å². The first-order chi connectivity index (χ1) is 7.87. The summed E-state index contributed by atoms with van der Waals surface area (Å²) in [5, 5.41) is 0. The van der Waals surface area contributed by atoms with Crippen LogP contribution in [0, 0.1) is 0 Å². The minimum Gasteiger partial charge on any atom is -0.379 e. The van der Waals surface area contributed by atoms with Gasteiger partial charge in [-0.15, -0.1) is 0 Å². The van der Waals surface area contributed by atoms with Crippen molar-refractivity contribution in [1.29, 1.82) is 0 Å². The molecule has 0 spiro atoms. The lowest BCUT2D eigenvalue weighted by Gasteiger charge is -2.44. The molecule has 2 nitrogen and oxygen atoms in total. The quantitative estimate of drug-likeness (QED) is 0.790. The number of hydrogen-bond acceptors (Lipinski definition) is 1. The highest BCUT2D eigenvalue weighted by molar-refractivity contribution is 6.82. The molecule has 0 bridgehead atoms. The predicted octanol–water partition coefficient (Wildman–Crippen LogP) is 3.97. The van der Waals surface area contributed by atoms with Crippen LogP contribution in [0.3, 0.4) is 0 Å². The summed E-state index contributed by atoms with van der Waals surface area (Å²) in [4.78, 5) is 0. The van der Waals surface area contributed by atoms with Gasteiger partial charge in [-0.05, 0) is 40.6 Å². The molecule has 98 valence electrons. The molecule has 2 N–H and O–H groups in total. The Morgan fingerprint density at radius 1 is 1.06 bits per heavy atom. The van der Waals surface area contributed by atoms with E-state index in [4.69, 9.17) is 5.73 Å². The van der Waals surface area contributed by atoms with E-state index in [-0.39, 0.29) is 0 Å². The van der Waals surface area contributed by atoms with Gasteiger partial charge in [0.25, 0.3) is 0 Å². The first kappa shape index (κ1) is 14.5. The van der Waals surface area contributed by atoms with Gasteiger partial charge in [0.1, 0.15) is 0 Å². The summed E-state index contributed by atoms with van der Waals surface area (Å²) < 4.78 is 2.54. The fraction of sp³-hybridized carbons (Fsp3) is 0.714. The van der Waals surface area contributed by atoms with E-state index in [1.807, 2.05) is 0 Å². The molecule has 17 heavy (non-hydrogen) atoms. The summed E-state index contributed by atoms with van der Waals surface area (Å²) >= 11 is 0. The van der Waals surface area contributed by atoms with Crippen LogP contribution < -0.4 is 5.73 Å². The van der Waals surface area contributed by atoms with Crippen LogP contribution in [-0.4, -0.2) is 12.5 Å². The molecule has 0 aliphatic rings. The van der Waals surface area contributed by atoms with Gasteiger partial charge in [-0.3, -0.25) is 0 Å². The molecule has 0 unspecified atom stereocenters. The Morgan fingerprint density at radius 3 is 1.82 bits per heavy atom. The summed E-state index contributed by atoms with van der Waals surface area (Å²) in [6, 6.07) is 2.18. The first-order valence-electron chi connectivity index (χ1n) is 6.74. The minimum absolute atomic E-state index is 0.645. The number of aromatic nitrogens is 1. The van der Waals surface area contributed by atoms with Crippen LogP contribution in [0.15, 0.2) is 18.5 Å². The molecule has 1 rings (SSSR count). The second kappa shape index (κ2) is 5.40. The molecule has 3 heteroatoms. The van der Waals surface area contributed by atoms with Gasteiger partial charge < -0.3 is 9.97 Å². The van der Waals surface area contributed by atoms with E-state index in [1.165, 1.54) is 5.56 Å². The van der Waals surface area contributed by atoms with Gasteiger partial charge in [0, 0.05) is 6.54 Å². The number of rotatable bonds is 5. The van der Waals surface area contributed by atoms with Crippen molar-refractivity contribution in [3.05, 3.63) is 24.0 Å². The van der Waals surface area contributed by atoms with Crippen molar-refractivity contribution in [3.8, 4) is 0 Å². The fourth-order valence-electron chi connectivity index (χ4n) is 3.70. The lowest BCUT2D eigenvalue weighted by molar-refractivity contribution is 0.764. The van der Waals surface area contributed by atoms with Gasteiger partial charge in [-0.1, -0.05) is 41.5 Å². The molecule has 0 atom stereocenters. The van der Waals surface area contributed by atoms with Crippen LogP contribution in [0.4, 0.5) is 0 Å². The normalized spacial score (nSPS) is 13.1. The first-order valence-corrected chi connectivity index (χ1v) is 8.92. The summed E-state index contributed by atoms with van der Waals surface area (Å²) in [6.45, 7) is 14.9. The predicted molar refractivity (Wildman–Crippen MR) is 78.8 cm³/mol. The highest BCUT2D eigenvalue weighted by Crippen LogP contribution is 2.42. The van der Waals surface area contributed by atoms with E-state index in [9.17, 15) is 0 Å². The molecular formula is C14H28N2Si. The molecule has 0 aliphatic carbocycles. The van der Waals surface area contributed by atoms with Crippen molar-refractivity contribution >= 4 is 8.24 Å².